The van der Waals surface area contributed by atoms with Gasteiger partial charge in [-0.15, -0.1) is 0 Å². The summed E-state index contributed by atoms with van der Waals surface area (Å²) in [5.41, 5.74) is 1.15. The quantitative estimate of drug-likeness (QED) is 0.819. The number of hydrogen-bond donors (Lipinski definition) is 0. The van der Waals surface area contributed by atoms with Crippen LogP contribution in [0, 0.1) is 0 Å². The maximum atomic E-state index is 5.94. The van der Waals surface area contributed by atoms with Crippen LogP contribution in [0.2, 0.25) is 5.02 Å². The number of aromatic nitrogens is 2. The highest BCUT2D eigenvalue weighted by molar-refractivity contribution is 9.10. The molecule has 0 spiro atoms. The molecule has 0 fully saturated rings. The van der Waals surface area contributed by atoms with Crippen molar-refractivity contribution in [3.05, 3.63) is 52.0 Å². The summed E-state index contributed by atoms with van der Waals surface area (Å²) >= 11 is 9.34. The van der Waals surface area contributed by atoms with Crippen molar-refractivity contribution in [2.75, 3.05) is 0 Å². The standard InChI is InChI=1S/C10H8BrClN2/c11-9-3-8(4-10(12)5-9)6-14-2-1-13-7-14/h1-5,7H,6H2. The first-order valence-corrected chi connectivity index (χ1v) is 5.32. The zero-order valence-corrected chi connectivity index (χ0v) is 9.66. The highest BCUT2D eigenvalue weighted by Gasteiger charge is 1.98. The number of rotatable bonds is 2. The highest BCUT2D eigenvalue weighted by atomic mass is 79.9. The summed E-state index contributed by atoms with van der Waals surface area (Å²) in [6.45, 7) is 0.791. The molecule has 0 saturated carbocycles. The van der Waals surface area contributed by atoms with Gasteiger partial charge in [-0.1, -0.05) is 27.5 Å². The summed E-state index contributed by atoms with van der Waals surface area (Å²) in [6.07, 6.45) is 5.48. The van der Waals surface area contributed by atoms with Crippen molar-refractivity contribution in [3.63, 3.8) is 0 Å². The Bertz CT molecular complexity index is 405. The first-order chi connectivity index (χ1) is 6.74. The molecule has 0 N–H and O–H groups in total. The molecule has 0 aliphatic heterocycles. The van der Waals surface area contributed by atoms with Crippen LogP contribution in [-0.2, 0) is 6.54 Å². The minimum Gasteiger partial charge on any atom is -0.333 e. The molecule has 0 saturated heterocycles. The molecule has 0 amide bonds. The molecule has 4 heteroatoms. The van der Waals surface area contributed by atoms with Crippen molar-refractivity contribution >= 4 is 27.5 Å². The van der Waals surface area contributed by atoms with Crippen LogP contribution >= 0.6 is 27.5 Å². The summed E-state index contributed by atoms with van der Waals surface area (Å²) in [5, 5.41) is 0.745. The van der Waals surface area contributed by atoms with Crippen LogP contribution in [0.1, 0.15) is 5.56 Å². The number of benzene rings is 1. The lowest BCUT2D eigenvalue weighted by molar-refractivity contribution is 0.797. The lowest BCUT2D eigenvalue weighted by atomic mass is 10.2. The summed E-state index contributed by atoms with van der Waals surface area (Å²) < 4.78 is 3.00. The first-order valence-electron chi connectivity index (χ1n) is 4.15. The van der Waals surface area contributed by atoms with Crippen molar-refractivity contribution in [3.8, 4) is 0 Å². The fourth-order valence-corrected chi connectivity index (χ4v) is 2.22. The number of hydrogen-bond acceptors (Lipinski definition) is 1. The molecule has 2 rings (SSSR count). The fourth-order valence-electron chi connectivity index (χ4n) is 1.29. The van der Waals surface area contributed by atoms with Crippen LogP contribution in [0.4, 0.5) is 0 Å². The maximum absolute atomic E-state index is 5.94. The molecule has 14 heavy (non-hydrogen) atoms. The normalized spacial score (nSPS) is 10.4. The third-order valence-electron chi connectivity index (χ3n) is 1.85. The van der Waals surface area contributed by atoms with Crippen LogP contribution in [0.25, 0.3) is 0 Å². The predicted molar refractivity (Wildman–Crippen MR) is 60.5 cm³/mol. The van der Waals surface area contributed by atoms with Crippen LogP contribution in [0.3, 0.4) is 0 Å². The Balaban J connectivity index is 2.25. The van der Waals surface area contributed by atoms with Gasteiger partial charge in [0.2, 0.25) is 0 Å². The smallest absolute Gasteiger partial charge is 0.0949 e. The molecule has 0 radical (unpaired) electrons. The van der Waals surface area contributed by atoms with Gasteiger partial charge >= 0.3 is 0 Å². The molecule has 1 aromatic heterocycles. The monoisotopic (exact) mass is 270 g/mol. The van der Waals surface area contributed by atoms with Crippen molar-refractivity contribution in [2.45, 2.75) is 6.54 Å². The number of nitrogens with zero attached hydrogens (tertiary/aromatic N) is 2. The molecular formula is C10H8BrClN2. The Morgan fingerprint density at radius 2 is 2.21 bits per heavy atom. The third-order valence-corrected chi connectivity index (χ3v) is 2.52. The van der Waals surface area contributed by atoms with Gasteiger partial charge in [0.1, 0.15) is 0 Å². The van der Waals surface area contributed by atoms with E-state index < -0.39 is 0 Å². The summed E-state index contributed by atoms with van der Waals surface area (Å²) in [4.78, 5) is 3.98. The van der Waals surface area contributed by atoms with Gasteiger partial charge in [-0.2, -0.15) is 0 Å². The summed E-state index contributed by atoms with van der Waals surface area (Å²) in [6, 6.07) is 5.87. The molecule has 72 valence electrons. The molecule has 0 unspecified atom stereocenters. The van der Waals surface area contributed by atoms with E-state index in [0.29, 0.717) is 0 Å². The van der Waals surface area contributed by atoms with E-state index in [9.17, 15) is 0 Å². The van der Waals surface area contributed by atoms with Gasteiger partial charge in [0, 0.05) is 28.4 Å². The van der Waals surface area contributed by atoms with Crippen molar-refractivity contribution < 1.29 is 0 Å². The van der Waals surface area contributed by atoms with E-state index in [0.717, 1.165) is 21.6 Å². The molecule has 1 aromatic carbocycles. The Hall–Kier alpha value is -0.800. The first kappa shape index (κ1) is 9.74. The second-order valence-corrected chi connectivity index (χ2v) is 4.36. The Morgan fingerprint density at radius 3 is 2.86 bits per heavy atom. The average Bonchev–Trinajstić information content (AvgIpc) is 2.54. The van der Waals surface area contributed by atoms with Crippen LogP contribution in [0.15, 0.2) is 41.4 Å². The summed E-state index contributed by atoms with van der Waals surface area (Å²) in [5.74, 6) is 0. The van der Waals surface area contributed by atoms with Gasteiger partial charge in [0.15, 0.2) is 0 Å². The molecule has 0 atom stereocenters. The van der Waals surface area contributed by atoms with E-state index >= 15 is 0 Å². The van der Waals surface area contributed by atoms with E-state index in [1.54, 1.807) is 12.5 Å². The van der Waals surface area contributed by atoms with Crippen molar-refractivity contribution in [2.24, 2.45) is 0 Å². The molecule has 1 heterocycles. The average molecular weight is 272 g/mol. The second kappa shape index (κ2) is 4.15. The largest absolute Gasteiger partial charge is 0.333 e. The summed E-state index contributed by atoms with van der Waals surface area (Å²) in [7, 11) is 0. The SMILES string of the molecule is Clc1cc(Br)cc(Cn2ccnc2)c1. The highest BCUT2D eigenvalue weighted by Crippen LogP contribution is 2.20. The van der Waals surface area contributed by atoms with Gasteiger partial charge < -0.3 is 4.57 Å². The van der Waals surface area contributed by atoms with Gasteiger partial charge in [0.05, 0.1) is 6.33 Å². The van der Waals surface area contributed by atoms with Crippen LogP contribution < -0.4 is 0 Å². The molecule has 0 aliphatic rings. The lowest BCUT2D eigenvalue weighted by Gasteiger charge is -2.03. The van der Waals surface area contributed by atoms with E-state index in [4.69, 9.17) is 11.6 Å². The molecule has 0 aliphatic carbocycles. The van der Waals surface area contributed by atoms with Gasteiger partial charge in [-0.3, -0.25) is 0 Å². The van der Waals surface area contributed by atoms with Crippen LogP contribution in [0.5, 0.6) is 0 Å². The van der Waals surface area contributed by atoms with E-state index in [1.165, 1.54) is 0 Å². The van der Waals surface area contributed by atoms with Gasteiger partial charge in [-0.05, 0) is 23.8 Å². The number of halogens is 2. The van der Waals surface area contributed by atoms with Crippen molar-refractivity contribution in [1.82, 2.24) is 9.55 Å². The Kier molecular flexibility index (Phi) is 2.89. The fraction of sp³-hybridized carbons (Fsp3) is 0.100. The molecule has 0 bridgehead atoms. The third kappa shape index (κ3) is 2.36. The maximum Gasteiger partial charge on any atom is 0.0949 e. The Morgan fingerprint density at radius 1 is 1.36 bits per heavy atom. The predicted octanol–water partition coefficient (Wildman–Crippen LogP) is 3.35. The zero-order valence-electron chi connectivity index (χ0n) is 7.32. The zero-order chi connectivity index (χ0) is 9.97. The topological polar surface area (TPSA) is 17.8 Å². The van der Waals surface area contributed by atoms with Crippen LogP contribution in [-0.4, -0.2) is 9.55 Å². The van der Waals surface area contributed by atoms with Crippen molar-refractivity contribution in [1.29, 1.82) is 0 Å². The lowest BCUT2D eigenvalue weighted by Crippen LogP contribution is -1.96. The second-order valence-electron chi connectivity index (χ2n) is 3.01. The van der Waals surface area contributed by atoms with Gasteiger partial charge in [-0.25, -0.2) is 4.98 Å². The van der Waals surface area contributed by atoms with E-state index in [-0.39, 0.29) is 0 Å². The van der Waals surface area contributed by atoms with E-state index in [1.807, 2.05) is 29.0 Å². The van der Waals surface area contributed by atoms with Gasteiger partial charge in [0.25, 0.3) is 0 Å². The minimum absolute atomic E-state index is 0.745. The van der Waals surface area contributed by atoms with E-state index in [2.05, 4.69) is 20.9 Å². The molecule has 2 aromatic rings. The minimum atomic E-state index is 0.745. The Labute approximate surface area is 95.7 Å². The molecule has 2 nitrogen and oxygen atoms in total. The molecular weight excluding hydrogens is 263 g/mol. The number of imidazole rings is 1.